The van der Waals surface area contributed by atoms with Gasteiger partial charge in [-0.1, -0.05) is 5.16 Å². The zero-order valence-corrected chi connectivity index (χ0v) is 7.27. The minimum absolute atomic E-state index is 0.202. The van der Waals surface area contributed by atoms with Crippen LogP contribution >= 0.6 is 0 Å². The third kappa shape index (κ3) is 1.27. The quantitative estimate of drug-likeness (QED) is 0.544. The molecule has 0 aromatic carbocycles. The first kappa shape index (κ1) is 7.85. The Kier molecular flexibility index (Phi) is 1.58. The molecule has 0 spiro atoms. The summed E-state index contributed by atoms with van der Waals surface area (Å²) >= 11 is 0. The molecule has 3 heterocycles. The highest BCUT2D eigenvalue weighted by atomic mass is 16.5. The fraction of sp³-hybridized carbons (Fsp3) is 0. The molecule has 0 saturated carbocycles. The van der Waals surface area contributed by atoms with Crippen LogP contribution in [0.1, 0.15) is 0 Å². The summed E-state index contributed by atoms with van der Waals surface area (Å²) < 4.78 is 16.3. The van der Waals surface area contributed by atoms with E-state index in [1.807, 2.05) is 0 Å². The van der Waals surface area contributed by atoms with E-state index in [9.17, 15) is 0 Å². The Hall–Kier alpha value is -2.51. The molecule has 0 saturated heterocycles. The van der Waals surface area contributed by atoms with Crippen LogP contribution in [0.5, 0.6) is 0 Å². The van der Waals surface area contributed by atoms with Crippen LogP contribution in [0.3, 0.4) is 0 Å². The highest BCUT2D eigenvalue weighted by molar-refractivity contribution is 5.32. The second-order valence-corrected chi connectivity index (χ2v) is 2.56. The van der Waals surface area contributed by atoms with Crippen molar-refractivity contribution in [1.29, 1.82) is 0 Å². The summed E-state index contributed by atoms with van der Waals surface area (Å²) in [5.74, 6) is 0.824. The van der Waals surface area contributed by atoms with Crippen LogP contribution in [0.2, 0.25) is 0 Å². The lowest BCUT2D eigenvalue weighted by Crippen LogP contribution is -2.25. The van der Waals surface area contributed by atoms with Crippen LogP contribution in [-0.2, 0) is 0 Å². The minimum Gasteiger partial charge on any atom is -0.418 e. The summed E-state index contributed by atoms with van der Waals surface area (Å²) in [5, 5.41) is 10.7. The number of rotatable bonds is 2. The van der Waals surface area contributed by atoms with E-state index in [4.69, 9.17) is 13.5 Å². The molecule has 0 amide bonds. The standard InChI is InChI=1S/C7H4N5O3/c1-2-10-14-5(1)12-3-8-6(15-12)7-11-9-4-13-7/h1-4H/q+1. The average Bonchev–Trinajstić information content (AvgIpc) is 3.02. The number of aromatic nitrogens is 5. The maximum absolute atomic E-state index is 5.25. The molecule has 0 unspecified atom stereocenters. The Balaban J connectivity index is 2.02. The Morgan fingerprint density at radius 2 is 2.27 bits per heavy atom. The predicted molar refractivity (Wildman–Crippen MR) is 41.4 cm³/mol. The maximum Gasteiger partial charge on any atom is 0.441 e. The van der Waals surface area contributed by atoms with Crippen molar-refractivity contribution in [2.24, 2.45) is 0 Å². The van der Waals surface area contributed by atoms with Crippen molar-refractivity contribution in [3.63, 3.8) is 0 Å². The molecule has 0 radical (unpaired) electrons. The summed E-state index contributed by atoms with van der Waals surface area (Å²) in [4.78, 5) is 3.93. The minimum atomic E-state index is 0.202. The van der Waals surface area contributed by atoms with Gasteiger partial charge in [0.05, 0.1) is 12.3 Å². The van der Waals surface area contributed by atoms with Gasteiger partial charge in [0.15, 0.2) is 0 Å². The first-order valence-electron chi connectivity index (χ1n) is 3.99. The fourth-order valence-electron chi connectivity index (χ4n) is 1.03. The van der Waals surface area contributed by atoms with Crippen molar-refractivity contribution < 1.29 is 18.2 Å². The largest absolute Gasteiger partial charge is 0.441 e. The third-order valence-corrected chi connectivity index (χ3v) is 1.65. The number of hydrogen-bond donors (Lipinski definition) is 0. The monoisotopic (exact) mass is 206 g/mol. The highest BCUT2D eigenvalue weighted by Crippen LogP contribution is 2.10. The molecule has 8 nitrogen and oxygen atoms in total. The predicted octanol–water partition coefficient (Wildman–Crippen LogP) is -0.0107. The van der Waals surface area contributed by atoms with Gasteiger partial charge in [-0.25, -0.2) is 4.52 Å². The zero-order chi connectivity index (χ0) is 10.1. The molecule has 0 atom stereocenters. The van der Waals surface area contributed by atoms with Crippen LogP contribution in [0, 0.1) is 0 Å². The summed E-state index contributed by atoms with van der Waals surface area (Å²) in [7, 11) is 0. The van der Waals surface area contributed by atoms with Crippen molar-refractivity contribution in [1.82, 2.24) is 20.3 Å². The molecule has 74 valence electrons. The number of nitrogens with zero attached hydrogens (tertiary/aromatic N) is 5. The van der Waals surface area contributed by atoms with Crippen molar-refractivity contribution in [3.05, 3.63) is 25.0 Å². The van der Waals surface area contributed by atoms with Crippen molar-refractivity contribution in [2.45, 2.75) is 0 Å². The molecule has 3 rings (SSSR count). The first-order chi connectivity index (χ1) is 7.43. The topological polar surface area (TPSA) is 94.9 Å². The van der Waals surface area contributed by atoms with E-state index >= 15 is 0 Å². The van der Waals surface area contributed by atoms with Gasteiger partial charge in [-0.2, -0.15) is 0 Å². The summed E-state index contributed by atoms with van der Waals surface area (Å²) in [5.41, 5.74) is 0. The molecule has 8 heteroatoms. The average molecular weight is 206 g/mol. The smallest absolute Gasteiger partial charge is 0.418 e. The van der Waals surface area contributed by atoms with E-state index in [1.54, 1.807) is 6.07 Å². The first-order valence-corrected chi connectivity index (χ1v) is 3.99. The van der Waals surface area contributed by atoms with Gasteiger partial charge < -0.3 is 8.94 Å². The van der Waals surface area contributed by atoms with Crippen LogP contribution < -0.4 is 4.74 Å². The van der Waals surface area contributed by atoms with Crippen LogP contribution in [0.25, 0.3) is 17.7 Å². The van der Waals surface area contributed by atoms with Crippen molar-refractivity contribution in [2.75, 3.05) is 0 Å². The Morgan fingerprint density at radius 3 is 3.00 bits per heavy atom. The molecular weight excluding hydrogens is 202 g/mol. The van der Waals surface area contributed by atoms with Gasteiger partial charge in [0.2, 0.25) is 6.39 Å². The van der Waals surface area contributed by atoms with Gasteiger partial charge in [-0.3, -0.25) is 0 Å². The summed E-state index contributed by atoms with van der Waals surface area (Å²) in [6.45, 7) is 0. The van der Waals surface area contributed by atoms with E-state index in [1.165, 1.54) is 23.7 Å². The van der Waals surface area contributed by atoms with Gasteiger partial charge >= 0.3 is 24.0 Å². The molecular formula is C7H4N5O3+. The zero-order valence-electron chi connectivity index (χ0n) is 7.27. The molecule has 0 N–H and O–H groups in total. The van der Waals surface area contributed by atoms with Crippen molar-refractivity contribution in [3.8, 4) is 17.7 Å². The SMILES string of the molecule is c1cc(-[n+]2cnc(-c3nnco3)o2)on1. The second-order valence-electron chi connectivity index (χ2n) is 2.56. The second kappa shape index (κ2) is 3.01. The lowest BCUT2D eigenvalue weighted by Gasteiger charge is -1.80. The summed E-state index contributed by atoms with van der Waals surface area (Å²) in [6.07, 6.45) is 4.11. The molecule has 0 aliphatic heterocycles. The maximum atomic E-state index is 5.25. The van der Waals surface area contributed by atoms with Crippen molar-refractivity contribution >= 4 is 0 Å². The Morgan fingerprint density at radius 1 is 1.27 bits per heavy atom. The number of hydrogen-bond acceptors (Lipinski definition) is 7. The Bertz CT molecular complexity index is 492. The molecule has 0 bridgehead atoms. The van der Waals surface area contributed by atoms with E-state index in [2.05, 4.69) is 20.3 Å². The molecule has 0 aliphatic carbocycles. The third-order valence-electron chi connectivity index (χ3n) is 1.65. The van der Waals surface area contributed by atoms with Crippen LogP contribution in [-0.4, -0.2) is 20.3 Å². The fourth-order valence-corrected chi connectivity index (χ4v) is 1.03. The van der Waals surface area contributed by atoms with E-state index in [-0.39, 0.29) is 11.8 Å². The molecule has 15 heavy (non-hydrogen) atoms. The lowest BCUT2D eigenvalue weighted by atomic mass is 10.7. The van der Waals surface area contributed by atoms with Crippen LogP contribution in [0.15, 0.2) is 38.4 Å². The normalized spacial score (nSPS) is 10.7. The Labute approximate surface area is 82.1 Å². The molecule has 3 aromatic heterocycles. The van der Waals surface area contributed by atoms with Crippen LogP contribution in [0.4, 0.5) is 0 Å². The molecule has 0 fully saturated rings. The van der Waals surface area contributed by atoms with E-state index in [0.29, 0.717) is 5.88 Å². The van der Waals surface area contributed by atoms with Gasteiger partial charge in [0, 0.05) is 9.72 Å². The summed E-state index contributed by atoms with van der Waals surface area (Å²) in [6, 6.07) is 1.63. The van der Waals surface area contributed by atoms with Gasteiger partial charge in [-0.15, -0.1) is 10.2 Å². The highest BCUT2D eigenvalue weighted by Gasteiger charge is 2.22. The molecule has 0 aliphatic rings. The molecule has 3 aromatic rings. The van der Waals surface area contributed by atoms with E-state index in [0.717, 1.165) is 0 Å². The van der Waals surface area contributed by atoms with Gasteiger partial charge in [-0.05, 0) is 0 Å². The van der Waals surface area contributed by atoms with Gasteiger partial charge in [0.25, 0.3) is 0 Å². The lowest BCUT2D eigenvalue weighted by molar-refractivity contribution is -0.792. The van der Waals surface area contributed by atoms with E-state index < -0.39 is 0 Å². The van der Waals surface area contributed by atoms with Gasteiger partial charge in [0.1, 0.15) is 0 Å².